The van der Waals surface area contributed by atoms with Crippen molar-refractivity contribution in [1.82, 2.24) is 13.9 Å². The van der Waals surface area contributed by atoms with Gasteiger partial charge in [-0.05, 0) is 48.9 Å². The van der Waals surface area contributed by atoms with Gasteiger partial charge in [-0.2, -0.15) is 17.0 Å². The van der Waals surface area contributed by atoms with Gasteiger partial charge in [0.15, 0.2) is 0 Å². The lowest BCUT2D eigenvalue weighted by Crippen LogP contribution is -2.54. The quantitative estimate of drug-likeness (QED) is 0.386. The highest BCUT2D eigenvalue weighted by Crippen LogP contribution is 2.42. The highest BCUT2D eigenvalue weighted by molar-refractivity contribution is 7.86. The van der Waals surface area contributed by atoms with Crippen LogP contribution in [0.5, 0.6) is 5.75 Å². The zero-order chi connectivity index (χ0) is 28.7. The van der Waals surface area contributed by atoms with Crippen LogP contribution in [0.15, 0.2) is 84.9 Å². The molecule has 0 atom stereocenters. The number of hydrogen-bond acceptors (Lipinski definition) is 5. The number of ether oxygens (including phenoxy) is 2. The van der Waals surface area contributed by atoms with Crippen LogP contribution in [-0.4, -0.2) is 68.9 Å². The van der Waals surface area contributed by atoms with Gasteiger partial charge in [-0.3, -0.25) is 4.79 Å². The lowest BCUT2D eigenvalue weighted by Gasteiger charge is -2.44. The molecule has 1 aliphatic carbocycles. The first-order valence-electron chi connectivity index (χ1n) is 14.3. The smallest absolute Gasteiger partial charge is 0.282 e. The van der Waals surface area contributed by atoms with E-state index in [4.69, 9.17) is 9.47 Å². The van der Waals surface area contributed by atoms with Crippen LogP contribution in [0.1, 0.15) is 47.2 Å². The summed E-state index contributed by atoms with van der Waals surface area (Å²) in [6.07, 6.45) is 2.88. The largest absolute Gasteiger partial charge is 0.496 e. The number of amides is 1. The van der Waals surface area contributed by atoms with Crippen molar-refractivity contribution in [3.05, 3.63) is 102 Å². The molecule has 0 radical (unpaired) electrons. The summed E-state index contributed by atoms with van der Waals surface area (Å²) in [5, 5.41) is 3.18. The van der Waals surface area contributed by atoms with Crippen molar-refractivity contribution in [2.24, 2.45) is 0 Å². The van der Waals surface area contributed by atoms with Crippen molar-refractivity contribution in [3.63, 3.8) is 0 Å². The predicted molar refractivity (Wildman–Crippen MR) is 159 cm³/mol. The maximum atomic E-state index is 14.0. The first kappa shape index (κ1) is 29.3. The summed E-state index contributed by atoms with van der Waals surface area (Å²) in [5.74, 6) is 0.354. The van der Waals surface area contributed by atoms with Gasteiger partial charge in [0.2, 0.25) is 0 Å². The van der Waals surface area contributed by atoms with Crippen LogP contribution in [0.25, 0.3) is 0 Å². The third-order valence-corrected chi connectivity index (χ3v) is 10.5. The molecule has 8 nitrogen and oxygen atoms in total. The van der Waals surface area contributed by atoms with Crippen LogP contribution in [-0.2, 0) is 26.9 Å². The molecule has 1 aliphatic heterocycles. The Kier molecular flexibility index (Phi) is 9.39. The molecule has 41 heavy (non-hydrogen) atoms. The lowest BCUT2D eigenvalue weighted by atomic mass is 9.68. The molecule has 2 fully saturated rings. The van der Waals surface area contributed by atoms with E-state index in [1.165, 1.54) is 0 Å². The number of carbonyl (C=O) groups excluding carboxylic acids is 1. The van der Waals surface area contributed by atoms with Gasteiger partial charge in [0.25, 0.3) is 16.1 Å². The number of hydrogen-bond donors (Lipinski definition) is 1. The third kappa shape index (κ3) is 6.64. The molecule has 0 aromatic heterocycles. The summed E-state index contributed by atoms with van der Waals surface area (Å²) >= 11 is 0. The van der Waals surface area contributed by atoms with Gasteiger partial charge in [-0.15, -0.1) is 0 Å². The number of benzene rings is 3. The fraction of sp³-hybridized carbons (Fsp3) is 0.406. The Morgan fingerprint density at radius 2 is 1.56 bits per heavy atom. The molecule has 1 N–H and O–H groups in total. The summed E-state index contributed by atoms with van der Waals surface area (Å²) in [6, 6.07) is 27.1. The highest BCUT2D eigenvalue weighted by Gasteiger charge is 2.43. The number of nitrogens with zero attached hydrogens (tertiary/aromatic N) is 2. The van der Waals surface area contributed by atoms with Crippen molar-refractivity contribution in [3.8, 4) is 5.75 Å². The summed E-state index contributed by atoms with van der Waals surface area (Å²) in [6.45, 7) is 2.33. The molecule has 1 amide bonds. The van der Waals surface area contributed by atoms with E-state index in [0.717, 1.165) is 24.0 Å². The van der Waals surface area contributed by atoms with E-state index in [1.807, 2.05) is 60.7 Å². The van der Waals surface area contributed by atoms with Crippen LogP contribution in [0.4, 0.5) is 0 Å². The molecule has 1 saturated carbocycles. The van der Waals surface area contributed by atoms with Gasteiger partial charge in [0, 0.05) is 37.6 Å². The number of para-hydroxylation sites is 1. The molecule has 5 rings (SSSR count). The van der Waals surface area contributed by atoms with Crippen molar-refractivity contribution in [1.29, 1.82) is 0 Å². The van der Waals surface area contributed by atoms with Gasteiger partial charge < -0.3 is 14.8 Å². The molecule has 0 bridgehead atoms. The first-order valence-corrected chi connectivity index (χ1v) is 15.7. The van der Waals surface area contributed by atoms with E-state index in [2.05, 4.69) is 17.4 Å². The Balaban J connectivity index is 1.38. The fourth-order valence-electron chi connectivity index (χ4n) is 6.07. The molecule has 1 saturated heterocycles. The normalized spacial score (nSPS) is 21.9. The minimum Gasteiger partial charge on any atom is -0.496 e. The molecule has 9 heteroatoms. The first-order chi connectivity index (χ1) is 19.9. The molecule has 1 heterocycles. The second kappa shape index (κ2) is 13.2. The number of rotatable bonds is 10. The molecule has 3 aromatic carbocycles. The van der Waals surface area contributed by atoms with Crippen molar-refractivity contribution < 1.29 is 22.7 Å². The molecular weight excluding hydrogens is 538 g/mol. The van der Waals surface area contributed by atoms with Gasteiger partial charge in [-0.25, -0.2) is 0 Å². The highest BCUT2D eigenvalue weighted by atomic mass is 32.2. The predicted octanol–water partition coefficient (Wildman–Crippen LogP) is 4.38. The lowest BCUT2D eigenvalue weighted by molar-refractivity contribution is 0.0674. The zero-order valence-corrected chi connectivity index (χ0v) is 24.4. The van der Waals surface area contributed by atoms with Gasteiger partial charge in [0.1, 0.15) is 5.75 Å². The van der Waals surface area contributed by atoms with Gasteiger partial charge >= 0.3 is 0 Å². The fourth-order valence-corrected chi connectivity index (χ4v) is 7.87. The maximum absolute atomic E-state index is 14.0. The second-order valence-corrected chi connectivity index (χ2v) is 12.7. The average molecular weight is 578 g/mol. The Bertz CT molecular complexity index is 1390. The van der Waals surface area contributed by atoms with Crippen molar-refractivity contribution in [2.75, 3.05) is 40.0 Å². The molecule has 218 valence electrons. The average Bonchev–Trinajstić information content (AvgIpc) is 3.04. The number of carbonyl (C=O) groups is 1. The Hall–Kier alpha value is -3.24. The molecular formula is C32H39N3O5S. The Morgan fingerprint density at radius 3 is 2.22 bits per heavy atom. The van der Waals surface area contributed by atoms with E-state index < -0.39 is 10.2 Å². The molecule has 2 aliphatic rings. The SMILES string of the molecule is COc1ccccc1C(=O)NCC1(c2ccccc2)CCC(N(Cc2ccccc2)S(=O)(=O)N2CCOCC2)CC1. The van der Waals surface area contributed by atoms with E-state index >= 15 is 0 Å². The summed E-state index contributed by atoms with van der Waals surface area (Å²) in [5.41, 5.74) is 2.31. The summed E-state index contributed by atoms with van der Waals surface area (Å²) in [7, 11) is -2.13. The Morgan fingerprint density at radius 1 is 0.951 bits per heavy atom. The van der Waals surface area contributed by atoms with Crippen LogP contribution in [0, 0.1) is 0 Å². The van der Waals surface area contributed by atoms with Crippen LogP contribution in [0.2, 0.25) is 0 Å². The number of nitrogens with one attached hydrogen (secondary N) is 1. The van der Waals surface area contributed by atoms with Crippen LogP contribution >= 0.6 is 0 Å². The van der Waals surface area contributed by atoms with Crippen molar-refractivity contribution >= 4 is 16.1 Å². The van der Waals surface area contributed by atoms with E-state index in [1.54, 1.807) is 27.9 Å². The zero-order valence-electron chi connectivity index (χ0n) is 23.6. The monoisotopic (exact) mass is 577 g/mol. The second-order valence-electron chi connectivity index (χ2n) is 10.8. The molecule has 0 spiro atoms. The van der Waals surface area contributed by atoms with Crippen LogP contribution in [0.3, 0.4) is 0 Å². The Labute approximate surface area is 243 Å². The van der Waals surface area contributed by atoms with Crippen molar-refractivity contribution in [2.45, 2.75) is 43.7 Å². The minimum absolute atomic E-state index is 0.148. The molecule has 3 aromatic rings. The van der Waals surface area contributed by atoms with E-state index in [-0.39, 0.29) is 17.4 Å². The number of morpholine rings is 1. The maximum Gasteiger partial charge on any atom is 0.282 e. The van der Waals surface area contributed by atoms with Gasteiger partial charge in [-0.1, -0.05) is 72.8 Å². The summed E-state index contributed by atoms with van der Waals surface area (Å²) in [4.78, 5) is 13.2. The minimum atomic E-state index is -3.69. The number of methoxy groups -OCH3 is 1. The van der Waals surface area contributed by atoms with Crippen LogP contribution < -0.4 is 10.1 Å². The standard InChI is InChI=1S/C32H39N3O5S/c1-39-30-15-9-8-14-29(30)31(36)33-25-32(27-12-6-3-7-13-27)18-16-28(17-19-32)35(24-26-10-4-2-5-11-26)41(37,38)34-20-22-40-23-21-34/h2-15,28H,16-25H2,1H3,(H,33,36). The van der Waals surface area contributed by atoms with E-state index in [0.29, 0.717) is 63.5 Å². The summed E-state index contributed by atoms with van der Waals surface area (Å²) < 4.78 is 42.1. The topological polar surface area (TPSA) is 88.2 Å². The molecule has 0 unspecified atom stereocenters. The van der Waals surface area contributed by atoms with E-state index in [9.17, 15) is 13.2 Å². The van der Waals surface area contributed by atoms with Gasteiger partial charge in [0.05, 0.1) is 25.9 Å². The third-order valence-electron chi connectivity index (χ3n) is 8.42.